The third kappa shape index (κ3) is 4.12. The normalized spacial score (nSPS) is 13.8. The third-order valence-electron chi connectivity index (χ3n) is 3.88. The Morgan fingerprint density at radius 1 is 1.21 bits per heavy atom. The molecule has 0 saturated heterocycles. The Morgan fingerprint density at radius 3 is 2.67 bits per heavy atom. The Labute approximate surface area is 150 Å². The summed E-state index contributed by atoms with van der Waals surface area (Å²) in [5.74, 6) is 0.485. The van der Waals surface area contributed by atoms with Crippen molar-refractivity contribution >= 4 is 23.2 Å². The first-order valence-electron chi connectivity index (χ1n) is 7.74. The highest BCUT2D eigenvalue weighted by Gasteiger charge is 2.21. The van der Waals surface area contributed by atoms with Gasteiger partial charge in [0.25, 0.3) is 0 Å². The molecule has 1 saturated carbocycles. The molecule has 1 aliphatic carbocycles. The quantitative estimate of drug-likeness (QED) is 0.746. The molecular formula is C18H18Cl2FNO2. The van der Waals surface area contributed by atoms with Crippen molar-refractivity contribution in [2.75, 3.05) is 7.11 Å². The molecule has 6 heteroatoms. The average molecular weight is 370 g/mol. The SMILES string of the molecule is COc1cc(CNC2CC2)cc(Cl)c1OCc1c(F)cccc1Cl. The number of hydrogen-bond acceptors (Lipinski definition) is 3. The van der Waals surface area contributed by atoms with Crippen molar-refractivity contribution in [3.8, 4) is 11.5 Å². The minimum absolute atomic E-state index is 0.0265. The molecule has 128 valence electrons. The van der Waals surface area contributed by atoms with Gasteiger partial charge in [0.2, 0.25) is 0 Å². The first-order chi connectivity index (χ1) is 11.6. The maximum absolute atomic E-state index is 13.8. The van der Waals surface area contributed by atoms with Crippen LogP contribution in [0.1, 0.15) is 24.0 Å². The summed E-state index contributed by atoms with van der Waals surface area (Å²) in [4.78, 5) is 0. The van der Waals surface area contributed by atoms with E-state index in [0.717, 1.165) is 12.1 Å². The molecule has 1 fully saturated rings. The number of ether oxygens (including phenoxy) is 2. The highest BCUT2D eigenvalue weighted by molar-refractivity contribution is 6.32. The van der Waals surface area contributed by atoms with Crippen molar-refractivity contribution in [3.63, 3.8) is 0 Å². The summed E-state index contributed by atoms with van der Waals surface area (Å²) in [7, 11) is 1.55. The van der Waals surface area contributed by atoms with Gasteiger partial charge < -0.3 is 14.8 Å². The molecule has 0 atom stereocenters. The lowest BCUT2D eigenvalue weighted by Gasteiger charge is -2.15. The fourth-order valence-electron chi connectivity index (χ4n) is 2.38. The molecule has 24 heavy (non-hydrogen) atoms. The zero-order valence-electron chi connectivity index (χ0n) is 13.2. The molecule has 0 amide bonds. The monoisotopic (exact) mass is 369 g/mol. The fourth-order valence-corrected chi connectivity index (χ4v) is 2.88. The van der Waals surface area contributed by atoms with E-state index in [1.165, 1.54) is 18.9 Å². The first-order valence-corrected chi connectivity index (χ1v) is 8.49. The molecule has 0 aromatic heterocycles. The molecule has 1 aliphatic rings. The standard InChI is InChI=1S/C18H18Cl2FNO2/c1-23-17-8-11(9-22-12-5-6-12)7-15(20)18(17)24-10-13-14(19)3-2-4-16(13)21/h2-4,7-8,12,22H,5-6,9-10H2,1H3. The van der Waals surface area contributed by atoms with E-state index in [4.69, 9.17) is 32.7 Å². The van der Waals surface area contributed by atoms with Crippen LogP contribution in [0.2, 0.25) is 10.0 Å². The van der Waals surface area contributed by atoms with Crippen molar-refractivity contribution in [1.82, 2.24) is 5.32 Å². The van der Waals surface area contributed by atoms with Gasteiger partial charge in [0.1, 0.15) is 12.4 Å². The van der Waals surface area contributed by atoms with Crippen LogP contribution in [0.15, 0.2) is 30.3 Å². The lowest BCUT2D eigenvalue weighted by molar-refractivity contribution is 0.280. The lowest BCUT2D eigenvalue weighted by atomic mass is 10.2. The molecule has 2 aromatic carbocycles. The largest absolute Gasteiger partial charge is 0.493 e. The minimum Gasteiger partial charge on any atom is -0.493 e. The Hall–Kier alpha value is -1.49. The summed E-state index contributed by atoms with van der Waals surface area (Å²) in [6.45, 7) is 0.696. The number of nitrogens with one attached hydrogen (secondary N) is 1. The van der Waals surface area contributed by atoms with Gasteiger partial charge >= 0.3 is 0 Å². The number of halogens is 3. The third-order valence-corrected chi connectivity index (χ3v) is 4.52. The van der Waals surface area contributed by atoms with Gasteiger partial charge in [-0.15, -0.1) is 0 Å². The zero-order valence-corrected chi connectivity index (χ0v) is 14.8. The van der Waals surface area contributed by atoms with E-state index < -0.39 is 5.82 Å². The van der Waals surface area contributed by atoms with Gasteiger partial charge in [-0.25, -0.2) is 4.39 Å². The van der Waals surface area contributed by atoms with Crippen LogP contribution in [0.25, 0.3) is 0 Å². The number of benzene rings is 2. The Bertz CT molecular complexity index is 715. The molecule has 2 aromatic rings. The van der Waals surface area contributed by atoms with Crippen molar-refractivity contribution < 1.29 is 13.9 Å². The van der Waals surface area contributed by atoms with Crippen molar-refractivity contribution in [1.29, 1.82) is 0 Å². The van der Waals surface area contributed by atoms with Crippen LogP contribution in [0.5, 0.6) is 11.5 Å². The predicted octanol–water partition coefficient (Wildman–Crippen LogP) is 4.97. The second-order valence-electron chi connectivity index (χ2n) is 5.75. The van der Waals surface area contributed by atoms with E-state index in [-0.39, 0.29) is 12.2 Å². The highest BCUT2D eigenvalue weighted by Crippen LogP contribution is 2.37. The smallest absolute Gasteiger partial charge is 0.180 e. The topological polar surface area (TPSA) is 30.5 Å². The maximum Gasteiger partial charge on any atom is 0.180 e. The van der Waals surface area contributed by atoms with E-state index in [1.54, 1.807) is 19.2 Å². The maximum atomic E-state index is 13.8. The second kappa shape index (κ2) is 7.60. The summed E-state index contributed by atoms with van der Waals surface area (Å²) in [6, 6.07) is 8.83. The van der Waals surface area contributed by atoms with Crippen molar-refractivity contribution in [3.05, 3.63) is 57.3 Å². The molecule has 0 unspecified atom stereocenters. The Kier molecular flexibility index (Phi) is 5.49. The second-order valence-corrected chi connectivity index (χ2v) is 6.57. The van der Waals surface area contributed by atoms with Gasteiger partial charge in [0.05, 0.1) is 17.2 Å². The van der Waals surface area contributed by atoms with Crippen molar-refractivity contribution in [2.24, 2.45) is 0 Å². The van der Waals surface area contributed by atoms with Crippen LogP contribution in [-0.4, -0.2) is 13.2 Å². The summed E-state index contributed by atoms with van der Waals surface area (Å²) in [6.07, 6.45) is 2.44. The first kappa shape index (κ1) is 17.3. The molecule has 0 spiro atoms. The van der Waals surface area contributed by atoms with E-state index in [9.17, 15) is 4.39 Å². The Morgan fingerprint density at radius 2 is 2.00 bits per heavy atom. The molecule has 3 rings (SSSR count). The van der Waals surface area contributed by atoms with Gasteiger partial charge in [-0.2, -0.15) is 0 Å². The van der Waals surface area contributed by atoms with E-state index >= 15 is 0 Å². The van der Waals surface area contributed by atoms with E-state index in [2.05, 4.69) is 5.32 Å². The van der Waals surface area contributed by atoms with Gasteiger partial charge in [0, 0.05) is 18.2 Å². The Balaban J connectivity index is 1.76. The van der Waals surface area contributed by atoms with Gasteiger partial charge in [0.15, 0.2) is 11.5 Å². The average Bonchev–Trinajstić information content (AvgIpc) is 3.37. The lowest BCUT2D eigenvalue weighted by Crippen LogP contribution is -2.15. The fraction of sp³-hybridized carbons (Fsp3) is 0.333. The molecule has 0 radical (unpaired) electrons. The molecule has 0 aliphatic heterocycles. The van der Waals surface area contributed by atoms with Gasteiger partial charge in [-0.05, 0) is 42.7 Å². The zero-order chi connectivity index (χ0) is 17.1. The van der Waals surface area contributed by atoms with Crippen molar-refractivity contribution in [2.45, 2.75) is 32.0 Å². The molecule has 3 nitrogen and oxygen atoms in total. The number of methoxy groups -OCH3 is 1. The number of hydrogen-bond donors (Lipinski definition) is 1. The molecule has 0 bridgehead atoms. The highest BCUT2D eigenvalue weighted by atomic mass is 35.5. The van der Waals surface area contributed by atoms with Crippen LogP contribution in [-0.2, 0) is 13.2 Å². The molecular weight excluding hydrogens is 352 g/mol. The number of rotatable bonds is 7. The van der Waals surface area contributed by atoms with Gasteiger partial charge in [-0.1, -0.05) is 29.3 Å². The van der Waals surface area contributed by atoms with Gasteiger partial charge in [-0.3, -0.25) is 0 Å². The molecule has 1 N–H and O–H groups in total. The van der Waals surface area contributed by atoms with Crippen LogP contribution in [0, 0.1) is 5.82 Å². The summed E-state index contributed by atoms with van der Waals surface area (Å²) in [5.41, 5.74) is 1.30. The van der Waals surface area contributed by atoms with Crippen LogP contribution in [0.4, 0.5) is 4.39 Å². The predicted molar refractivity (Wildman–Crippen MR) is 93.6 cm³/mol. The van der Waals surface area contributed by atoms with Crippen LogP contribution in [0.3, 0.4) is 0 Å². The van der Waals surface area contributed by atoms with E-state index in [0.29, 0.717) is 27.6 Å². The summed E-state index contributed by atoms with van der Waals surface area (Å²) >= 11 is 12.3. The van der Waals surface area contributed by atoms with Crippen LogP contribution >= 0.6 is 23.2 Å². The summed E-state index contributed by atoms with van der Waals surface area (Å²) < 4.78 is 24.9. The minimum atomic E-state index is -0.414. The molecule has 0 heterocycles. The summed E-state index contributed by atoms with van der Waals surface area (Å²) in [5, 5.41) is 4.16. The van der Waals surface area contributed by atoms with E-state index in [1.807, 2.05) is 12.1 Å². The van der Waals surface area contributed by atoms with Crippen LogP contribution < -0.4 is 14.8 Å².